The fourth-order valence-corrected chi connectivity index (χ4v) is 2.86. The second kappa shape index (κ2) is 4.61. The van der Waals surface area contributed by atoms with E-state index >= 15 is 0 Å². The number of para-hydroxylation sites is 1. The Hall–Kier alpha value is -1.96. The summed E-state index contributed by atoms with van der Waals surface area (Å²) >= 11 is 0. The second-order valence-electron chi connectivity index (χ2n) is 5.26. The van der Waals surface area contributed by atoms with Crippen LogP contribution in [0.15, 0.2) is 36.4 Å². The van der Waals surface area contributed by atoms with Crippen LogP contribution in [0, 0.1) is 13.8 Å². The molecular formula is C17H19NO. The summed E-state index contributed by atoms with van der Waals surface area (Å²) in [5.74, 6) is 0.966. The van der Waals surface area contributed by atoms with Crippen LogP contribution in [0.2, 0.25) is 0 Å². The lowest BCUT2D eigenvalue weighted by molar-refractivity contribution is 0.407. The van der Waals surface area contributed by atoms with Crippen LogP contribution >= 0.6 is 0 Å². The van der Waals surface area contributed by atoms with Crippen molar-refractivity contribution < 1.29 is 4.74 Å². The Morgan fingerprint density at radius 2 is 2.00 bits per heavy atom. The van der Waals surface area contributed by atoms with E-state index in [4.69, 9.17) is 4.74 Å². The SMILES string of the molecule is COc1ccc(C)cc1C1Cc2cccc(C)c2N1. The molecule has 0 radical (unpaired) electrons. The van der Waals surface area contributed by atoms with Crippen molar-refractivity contribution in [3.8, 4) is 5.75 Å². The number of nitrogens with one attached hydrogen (secondary N) is 1. The number of fused-ring (bicyclic) bond motifs is 1. The summed E-state index contributed by atoms with van der Waals surface area (Å²) in [4.78, 5) is 0. The van der Waals surface area contributed by atoms with Gasteiger partial charge in [-0.25, -0.2) is 0 Å². The van der Waals surface area contributed by atoms with Gasteiger partial charge in [0.2, 0.25) is 0 Å². The second-order valence-corrected chi connectivity index (χ2v) is 5.26. The van der Waals surface area contributed by atoms with E-state index in [9.17, 15) is 0 Å². The number of rotatable bonds is 2. The predicted molar refractivity (Wildman–Crippen MR) is 79.0 cm³/mol. The normalized spacial score (nSPS) is 16.9. The van der Waals surface area contributed by atoms with Crippen molar-refractivity contribution in [1.29, 1.82) is 0 Å². The highest BCUT2D eigenvalue weighted by molar-refractivity contribution is 5.63. The Morgan fingerprint density at radius 3 is 2.74 bits per heavy atom. The molecule has 2 heteroatoms. The minimum absolute atomic E-state index is 0.311. The van der Waals surface area contributed by atoms with Crippen LogP contribution in [0.1, 0.15) is 28.3 Å². The number of aryl methyl sites for hydroxylation is 2. The molecule has 3 rings (SSSR count). The lowest BCUT2D eigenvalue weighted by Gasteiger charge is -2.16. The van der Waals surface area contributed by atoms with Crippen molar-refractivity contribution >= 4 is 5.69 Å². The lowest BCUT2D eigenvalue weighted by Crippen LogP contribution is -2.08. The smallest absolute Gasteiger partial charge is 0.124 e. The molecule has 0 spiro atoms. The predicted octanol–water partition coefficient (Wildman–Crippen LogP) is 4.02. The molecule has 0 saturated carbocycles. The minimum atomic E-state index is 0.311. The summed E-state index contributed by atoms with van der Waals surface area (Å²) < 4.78 is 5.50. The van der Waals surface area contributed by atoms with Crippen LogP contribution < -0.4 is 10.1 Å². The van der Waals surface area contributed by atoms with Gasteiger partial charge in [0.05, 0.1) is 13.2 Å². The highest BCUT2D eigenvalue weighted by atomic mass is 16.5. The molecule has 1 unspecified atom stereocenters. The number of benzene rings is 2. The quantitative estimate of drug-likeness (QED) is 0.872. The van der Waals surface area contributed by atoms with E-state index in [1.54, 1.807) is 7.11 Å². The van der Waals surface area contributed by atoms with E-state index in [0.717, 1.165) is 12.2 Å². The van der Waals surface area contributed by atoms with Crippen molar-refractivity contribution in [2.75, 3.05) is 12.4 Å². The maximum atomic E-state index is 5.50. The molecule has 0 fully saturated rings. The third kappa shape index (κ3) is 2.07. The zero-order chi connectivity index (χ0) is 13.4. The summed E-state index contributed by atoms with van der Waals surface area (Å²) in [7, 11) is 1.74. The molecule has 98 valence electrons. The number of hydrogen-bond acceptors (Lipinski definition) is 2. The Kier molecular flexibility index (Phi) is 2.94. The first-order chi connectivity index (χ1) is 9.19. The van der Waals surface area contributed by atoms with Gasteiger partial charge in [-0.15, -0.1) is 0 Å². The first kappa shape index (κ1) is 12.1. The molecule has 0 amide bonds. The van der Waals surface area contributed by atoms with E-state index in [0.29, 0.717) is 6.04 Å². The van der Waals surface area contributed by atoms with E-state index in [1.807, 2.05) is 0 Å². The maximum absolute atomic E-state index is 5.50. The van der Waals surface area contributed by atoms with Crippen LogP contribution in [0.4, 0.5) is 5.69 Å². The van der Waals surface area contributed by atoms with Gasteiger partial charge in [0.1, 0.15) is 5.75 Å². The molecule has 2 aromatic rings. The molecule has 1 aliphatic rings. The van der Waals surface area contributed by atoms with Crippen LogP contribution in [0.5, 0.6) is 5.75 Å². The molecule has 0 aliphatic carbocycles. The average Bonchev–Trinajstić information content (AvgIpc) is 2.84. The van der Waals surface area contributed by atoms with Gasteiger partial charge in [-0.1, -0.05) is 35.9 Å². The average molecular weight is 253 g/mol. The zero-order valence-corrected chi connectivity index (χ0v) is 11.7. The van der Waals surface area contributed by atoms with Crippen molar-refractivity contribution in [1.82, 2.24) is 0 Å². The lowest BCUT2D eigenvalue weighted by atomic mass is 10.00. The Balaban J connectivity index is 1.99. The van der Waals surface area contributed by atoms with Gasteiger partial charge >= 0.3 is 0 Å². The molecule has 1 aliphatic heterocycles. The van der Waals surface area contributed by atoms with Crippen LogP contribution in [0.3, 0.4) is 0 Å². The summed E-state index contributed by atoms with van der Waals surface area (Å²) in [6.07, 6.45) is 1.02. The molecule has 0 saturated heterocycles. The Morgan fingerprint density at radius 1 is 1.16 bits per heavy atom. The fourth-order valence-electron chi connectivity index (χ4n) is 2.86. The van der Waals surface area contributed by atoms with Gasteiger partial charge < -0.3 is 10.1 Å². The van der Waals surface area contributed by atoms with Crippen molar-refractivity contribution in [3.63, 3.8) is 0 Å². The molecule has 0 aromatic heterocycles. The number of anilines is 1. The summed E-state index contributed by atoms with van der Waals surface area (Å²) in [5.41, 5.74) is 6.51. The fraction of sp³-hybridized carbons (Fsp3) is 0.294. The molecule has 1 heterocycles. The monoisotopic (exact) mass is 253 g/mol. The number of ether oxygens (including phenoxy) is 1. The van der Waals surface area contributed by atoms with Crippen molar-refractivity contribution in [2.24, 2.45) is 0 Å². The standard InChI is InChI=1S/C17H19NO/c1-11-7-8-16(19-3)14(9-11)15-10-13-6-4-5-12(2)17(13)18-15/h4-9,15,18H,10H2,1-3H3. The molecule has 19 heavy (non-hydrogen) atoms. The minimum Gasteiger partial charge on any atom is -0.496 e. The summed E-state index contributed by atoms with van der Waals surface area (Å²) in [6, 6.07) is 13.2. The highest BCUT2D eigenvalue weighted by Crippen LogP contribution is 2.39. The zero-order valence-electron chi connectivity index (χ0n) is 11.7. The Labute approximate surface area is 114 Å². The summed E-state index contributed by atoms with van der Waals surface area (Å²) in [5, 5.41) is 3.64. The highest BCUT2D eigenvalue weighted by Gasteiger charge is 2.25. The Bertz CT molecular complexity index is 619. The molecule has 2 aromatic carbocycles. The van der Waals surface area contributed by atoms with Gasteiger partial charge in [0, 0.05) is 11.3 Å². The van der Waals surface area contributed by atoms with Crippen molar-refractivity contribution in [2.45, 2.75) is 26.3 Å². The van der Waals surface area contributed by atoms with Gasteiger partial charge in [0.15, 0.2) is 0 Å². The van der Waals surface area contributed by atoms with Gasteiger partial charge in [-0.2, -0.15) is 0 Å². The van der Waals surface area contributed by atoms with Crippen LogP contribution in [0.25, 0.3) is 0 Å². The number of hydrogen-bond donors (Lipinski definition) is 1. The summed E-state index contributed by atoms with van der Waals surface area (Å²) in [6.45, 7) is 4.28. The maximum Gasteiger partial charge on any atom is 0.124 e. The van der Waals surface area contributed by atoms with Gasteiger partial charge in [0.25, 0.3) is 0 Å². The molecule has 0 bridgehead atoms. The van der Waals surface area contributed by atoms with E-state index in [2.05, 4.69) is 55.6 Å². The topological polar surface area (TPSA) is 21.3 Å². The molecule has 1 atom stereocenters. The largest absolute Gasteiger partial charge is 0.496 e. The van der Waals surface area contributed by atoms with Crippen molar-refractivity contribution in [3.05, 3.63) is 58.7 Å². The van der Waals surface area contributed by atoms with Crippen LogP contribution in [-0.4, -0.2) is 7.11 Å². The van der Waals surface area contributed by atoms with Crippen LogP contribution in [-0.2, 0) is 6.42 Å². The van der Waals surface area contributed by atoms with E-state index in [1.165, 1.54) is 27.9 Å². The molecular weight excluding hydrogens is 234 g/mol. The molecule has 2 nitrogen and oxygen atoms in total. The van der Waals surface area contributed by atoms with Gasteiger partial charge in [-0.05, 0) is 37.5 Å². The van der Waals surface area contributed by atoms with E-state index in [-0.39, 0.29) is 0 Å². The third-order valence-electron chi connectivity index (χ3n) is 3.86. The third-order valence-corrected chi connectivity index (χ3v) is 3.86. The van der Waals surface area contributed by atoms with E-state index < -0.39 is 0 Å². The first-order valence-corrected chi connectivity index (χ1v) is 6.68. The van der Waals surface area contributed by atoms with Gasteiger partial charge in [-0.3, -0.25) is 0 Å². The number of methoxy groups -OCH3 is 1. The molecule has 1 N–H and O–H groups in total. The first-order valence-electron chi connectivity index (χ1n) is 6.68.